The fraction of sp³-hybridized carbons (Fsp3) is 0.500. The Kier molecular flexibility index (Phi) is 3.65. The minimum Gasteiger partial charge on any atom is -0.326 e. The number of hydrogen-bond donors (Lipinski definition) is 1. The molecule has 0 saturated carbocycles. The first-order valence-electron chi connectivity index (χ1n) is 6.59. The van der Waals surface area contributed by atoms with Gasteiger partial charge in [-0.2, -0.15) is 5.10 Å². The highest BCUT2D eigenvalue weighted by Gasteiger charge is 2.19. The molecule has 2 aromatic rings. The molecule has 108 valence electrons. The van der Waals surface area contributed by atoms with Gasteiger partial charge in [-0.05, 0) is 6.92 Å². The first kappa shape index (κ1) is 14.3. The van der Waals surface area contributed by atoms with Gasteiger partial charge in [0.05, 0.1) is 5.69 Å². The van der Waals surface area contributed by atoms with Crippen molar-refractivity contribution in [2.45, 2.75) is 39.7 Å². The molecule has 0 atom stereocenters. The topological polar surface area (TPSA) is 64.7 Å². The Labute approximate surface area is 118 Å². The van der Waals surface area contributed by atoms with E-state index in [0.717, 1.165) is 11.5 Å². The summed E-state index contributed by atoms with van der Waals surface area (Å²) in [6, 6.07) is 1.92. The number of nitrogens with zero attached hydrogens (tertiary/aromatic N) is 4. The van der Waals surface area contributed by atoms with Gasteiger partial charge >= 0.3 is 0 Å². The Morgan fingerprint density at radius 3 is 2.60 bits per heavy atom. The molecular formula is C14H21N5O. The van der Waals surface area contributed by atoms with Crippen LogP contribution in [-0.2, 0) is 23.8 Å². The van der Waals surface area contributed by atoms with Crippen molar-refractivity contribution in [3.63, 3.8) is 0 Å². The number of rotatable bonds is 3. The second-order valence-electron chi connectivity index (χ2n) is 5.94. The van der Waals surface area contributed by atoms with Crippen LogP contribution in [0.5, 0.6) is 0 Å². The fourth-order valence-electron chi connectivity index (χ4n) is 1.86. The highest BCUT2D eigenvalue weighted by Crippen LogP contribution is 2.23. The summed E-state index contributed by atoms with van der Waals surface area (Å²) in [6.45, 7) is 8.40. The van der Waals surface area contributed by atoms with E-state index in [0.29, 0.717) is 5.82 Å². The molecule has 6 nitrogen and oxygen atoms in total. The van der Waals surface area contributed by atoms with Crippen LogP contribution >= 0.6 is 0 Å². The number of amides is 1. The first-order valence-corrected chi connectivity index (χ1v) is 6.59. The summed E-state index contributed by atoms with van der Waals surface area (Å²) < 4.78 is 3.50. The van der Waals surface area contributed by atoms with Crippen LogP contribution in [0, 0.1) is 6.92 Å². The molecule has 0 aliphatic carbocycles. The number of hydrogen-bond acceptors (Lipinski definition) is 3. The van der Waals surface area contributed by atoms with Crippen molar-refractivity contribution in [2.24, 2.45) is 7.05 Å². The van der Waals surface area contributed by atoms with Gasteiger partial charge in [0, 0.05) is 30.9 Å². The zero-order valence-electron chi connectivity index (χ0n) is 12.6. The molecule has 0 fully saturated rings. The molecule has 1 N–H and O–H groups in total. The molecule has 20 heavy (non-hydrogen) atoms. The summed E-state index contributed by atoms with van der Waals surface area (Å²) in [5, 5.41) is 7.31. The van der Waals surface area contributed by atoms with Crippen LogP contribution in [0.3, 0.4) is 0 Å². The van der Waals surface area contributed by atoms with Gasteiger partial charge < -0.3 is 9.88 Å². The Balaban J connectivity index is 2.09. The molecule has 0 aliphatic rings. The molecule has 0 aromatic carbocycles. The molecule has 0 aliphatic heterocycles. The maximum absolute atomic E-state index is 12.0. The predicted octanol–water partition coefficient (Wildman–Crippen LogP) is 1.86. The van der Waals surface area contributed by atoms with E-state index in [1.165, 1.54) is 0 Å². The molecule has 0 radical (unpaired) electrons. The number of aromatic nitrogens is 4. The van der Waals surface area contributed by atoms with E-state index in [4.69, 9.17) is 0 Å². The van der Waals surface area contributed by atoms with Crippen molar-refractivity contribution in [1.29, 1.82) is 0 Å². The number of carbonyl (C=O) groups is 1. The Morgan fingerprint density at radius 2 is 2.10 bits per heavy atom. The van der Waals surface area contributed by atoms with E-state index in [2.05, 4.69) is 36.2 Å². The number of anilines is 1. The fourth-order valence-corrected chi connectivity index (χ4v) is 1.86. The van der Waals surface area contributed by atoms with Gasteiger partial charge in [0.1, 0.15) is 18.2 Å². The van der Waals surface area contributed by atoms with Gasteiger partial charge in [-0.25, -0.2) is 4.98 Å². The van der Waals surface area contributed by atoms with Gasteiger partial charge in [-0.15, -0.1) is 0 Å². The van der Waals surface area contributed by atoms with Crippen molar-refractivity contribution in [3.8, 4) is 0 Å². The maximum Gasteiger partial charge on any atom is 0.245 e. The van der Waals surface area contributed by atoms with Crippen molar-refractivity contribution in [3.05, 3.63) is 30.0 Å². The minimum atomic E-state index is -0.0884. The third-order valence-electron chi connectivity index (χ3n) is 3.15. The lowest BCUT2D eigenvalue weighted by Crippen LogP contribution is -2.20. The van der Waals surface area contributed by atoms with E-state index in [1.54, 1.807) is 21.6 Å². The van der Waals surface area contributed by atoms with Crippen LogP contribution in [0.2, 0.25) is 0 Å². The summed E-state index contributed by atoms with van der Waals surface area (Å²) >= 11 is 0. The van der Waals surface area contributed by atoms with E-state index in [1.807, 2.05) is 20.0 Å². The van der Waals surface area contributed by atoms with Gasteiger partial charge in [0.15, 0.2) is 0 Å². The lowest BCUT2D eigenvalue weighted by Gasteiger charge is -2.13. The minimum absolute atomic E-state index is 0.0400. The van der Waals surface area contributed by atoms with E-state index >= 15 is 0 Å². The summed E-state index contributed by atoms with van der Waals surface area (Å²) in [5.74, 6) is 1.44. The van der Waals surface area contributed by atoms with Crippen LogP contribution in [0.1, 0.15) is 32.3 Å². The van der Waals surface area contributed by atoms with Gasteiger partial charge in [-0.3, -0.25) is 9.48 Å². The zero-order chi connectivity index (χ0) is 14.9. The molecule has 6 heteroatoms. The molecule has 0 bridgehead atoms. The summed E-state index contributed by atoms with van der Waals surface area (Å²) in [5.41, 5.74) is 0.913. The van der Waals surface area contributed by atoms with Gasteiger partial charge in [0.2, 0.25) is 5.91 Å². The summed E-state index contributed by atoms with van der Waals surface area (Å²) in [4.78, 5) is 16.1. The number of imidazole rings is 1. The van der Waals surface area contributed by atoms with E-state index in [-0.39, 0.29) is 17.9 Å². The molecule has 0 saturated heterocycles. The quantitative estimate of drug-likeness (QED) is 0.930. The standard InChI is InChI=1S/C14H21N5O/c1-10-15-6-7-19(10)9-13(20)16-12-8-11(14(2,3)4)17-18(12)5/h6-8H,9H2,1-5H3,(H,16,20). The molecule has 2 heterocycles. The highest BCUT2D eigenvalue weighted by atomic mass is 16.2. The molecule has 2 aromatic heterocycles. The second kappa shape index (κ2) is 5.11. The smallest absolute Gasteiger partial charge is 0.245 e. The molecular weight excluding hydrogens is 254 g/mol. The van der Waals surface area contributed by atoms with Crippen molar-refractivity contribution >= 4 is 11.7 Å². The molecule has 1 amide bonds. The highest BCUT2D eigenvalue weighted by molar-refractivity contribution is 5.89. The average molecular weight is 275 g/mol. The summed E-state index contributed by atoms with van der Waals surface area (Å²) in [7, 11) is 1.83. The van der Waals surface area contributed by atoms with Crippen LogP contribution in [0.4, 0.5) is 5.82 Å². The number of aryl methyl sites for hydroxylation is 2. The van der Waals surface area contributed by atoms with Crippen molar-refractivity contribution in [2.75, 3.05) is 5.32 Å². The third-order valence-corrected chi connectivity index (χ3v) is 3.15. The summed E-state index contributed by atoms with van der Waals surface area (Å²) in [6.07, 6.45) is 3.48. The maximum atomic E-state index is 12.0. The SMILES string of the molecule is Cc1nccn1CC(=O)Nc1cc(C(C)(C)C)nn1C. The second-order valence-corrected chi connectivity index (χ2v) is 5.94. The van der Waals surface area contributed by atoms with Crippen LogP contribution in [-0.4, -0.2) is 25.2 Å². The zero-order valence-corrected chi connectivity index (χ0v) is 12.6. The van der Waals surface area contributed by atoms with E-state index in [9.17, 15) is 4.79 Å². The van der Waals surface area contributed by atoms with Crippen LogP contribution < -0.4 is 5.32 Å². The number of nitrogens with one attached hydrogen (secondary N) is 1. The molecule has 2 rings (SSSR count). The van der Waals surface area contributed by atoms with Crippen LogP contribution in [0.25, 0.3) is 0 Å². The average Bonchev–Trinajstić information content (AvgIpc) is 2.87. The van der Waals surface area contributed by atoms with Gasteiger partial charge in [0.25, 0.3) is 0 Å². The lowest BCUT2D eigenvalue weighted by atomic mass is 9.92. The third kappa shape index (κ3) is 3.07. The predicted molar refractivity (Wildman–Crippen MR) is 77.5 cm³/mol. The normalized spacial score (nSPS) is 11.7. The first-order chi connectivity index (χ1) is 9.27. The van der Waals surface area contributed by atoms with Gasteiger partial charge in [-0.1, -0.05) is 20.8 Å². The lowest BCUT2D eigenvalue weighted by molar-refractivity contribution is -0.116. The van der Waals surface area contributed by atoms with Crippen LogP contribution in [0.15, 0.2) is 18.5 Å². The van der Waals surface area contributed by atoms with Crippen molar-refractivity contribution < 1.29 is 4.79 Å². The Bertz CT molecular complexity index is 618. The monoisotopic (exact) mass is 275 g/mol. The largest absolute Gasteiger partial charge is 0.326 e. The van der Waals surface area contributed by atoms with E-state index < -0.39 is 0 Å². The Morgan fingerprint density at radius 1 is 1.40 bits per heavy atom. The molecule has 0 spiro atoms. The molecule has 0 unspecified atom stereocenters. The Hall–Kier alpha value is -2.11. The van der Waals surface area contributed by atoms with Crippen molar-refractivity contribution in [1.82, 2.24) is 19.3 Å². The number of carbonyl (C=O) groups excluding carboxylic acids is 1.